The zero-order valence-electron chi connectivity index (χ0n) is 8.97. The molecule has 3 heteroatoms. The van der Waals surface area contributed by atoms with E-state index in [1.165, 1.54) is 22.3 Å². The number of aryl methyl sites for hydroxylation is 3. The molecule has 0 aliphatic carbocycles. The molecule has 0 amide bonds. The van der Waals surface area contributed by atoms with E-state index in [0.717, 1.165) is 9.61 Å². The van der Waals surface area contributed by atoms with Gasteiger partial charge in [0.1, 0.15) is 0 Å². The Hall–Kier alpha value is -0.670. The Morgan fingerprint density at radius 2 is 1.73 bits per heavy atom. The summed E-state index contributed by atoms with van der Waals surface area (Å²) in [5, 5.41) is 2.09. The van der Waals surface area contributed by atoms with Gasteiger partial charge >= 0.3 is 0 Å². The highest BCUT2D eigenvalue weighted by atomic mass is 79.9. The molecule has 1 aromatic heterocycles. The average molecular weight is 282 g/mol. The predicted molar refractivity (Wildman–Crippen MR) is 69.5 cm³/mol. The molecule has 0 atom stereocenters. The summed E-state index contributed by atoms with van der Waals surface area (Å²) in [5.74, 6) is 0. The first-order valence-electron chi connectivity index (χ1n) is 4.77. The van der Waals surface area contributed by atoms with Gasteiger partial charge in [-0.05, 0) is 47.8 Å². The zero-order valence-corrected chi connectivity index (χ0v) is 11.4. The van der Waals surface area contributed by atoms with E-state index >= 15 is 0 Å². The van der Waals surface area contributed by atoms with Gasteiger partial charge in [0, 0.05) is 10.9 Å². The van der Waals surface area contributed by atoms with Crippen LogP contribution in [0.5, 0.6) is 0 Å². The molecular weight excluding hydrogens is 270 g/mol. The lowest BCUT2D eigenvalue weighted by molar-refractivity contribution is 1.28. The molecule has 0 spiro atoms. The van der Waals surface area contributed by atoms with Gasteiger partial charge in [-0.3, -0.25) is 0 Å². The summed E-state index contributed by atoms with van der Waals surface area (Å²) in [6.07, 6.45) is 0. The van der Waals surface area contributed by atoms with Crippen molar-refractivity contribution in [3.05, 3.63) is 38.1 Å². The highest BCUT2D eigenvalue weighted by molar-refractivity contribution is 9.11. The first-order valence-corrected chi connectivity index (χ1v) is 6.44. The molecule has 0 saturated carbocycles. The van der Waals surface area contributed by atoms with Crippen molar-refractivity contribution in [3.63, 3.8) is 0 Å². The zero-order chi connectivity index (χ0) is 11.0. The lowest BCUT2D eigenvalue weighted by Crippen LogP contribution is -1.89. The van der Waals surface area contributed by atoms with Gasteiger partial charge in [0.15, 0.2) is 3.92 Å². The number of hydrogen-bond donors (Lipinski definition) is 0. The molecular formula is C12H12BrNS. The highest BCUT2D eigenvalue weighted by Crippen LogP contribution is 2.30. The third kappa shape index (κ3) is 2.13. The molecule has 15 heavy (non-hydrogen) atoms. The predicted octanol–water partition coefficient (Wildman–Crippen LogP) is 4.50. The first kappa shape index (κ1) is 10.8. The molecule has 2 rings (SSSR count). The fraction of sp³-hybridized carbons (Fsp3) is 0.250. The van der Waals surface area contributed by atoms with Crippen molar-refractivity contribution in [1.29, 1.82) is 0 Å². The van der Waals surface area contributed by atoms with Gasteiger partial charge in [-0.1, -0.05) is 17.7 Å². The van der Waals surface area contributed by atoms with Crippen molar-refractivity contribution in [2.24, 2.45) is 0 Å². The van der Waals surface area contributed by atoms with E-state index in [9.17, 15) is 0 Å². The summed E-state index contributed by atoms with van der Waals surface area (Å²) in [6, 6.07) is 4.41. The van der Waals surface area contributed by atoms with Crippen molar-refractivity contribution in [3.8, 4) is 11.3 Å². The standard InChI is InChI=1S/C12H12BrNS/c1-7-4-8(2)11(9(3)5-7)10-6-15-12(13)14-10/h4-6H,1-3H3. The number of halogens is 1. The van der Waals surface area contributed by atoms with Gasteiger partial charge in [0.25, 0.3) is 0 Å². The van der Waals surface area contributed by atoms with Crippen molar-refractivity contribution in [2.75, 3.05) is 0 Å². The van der Waals surface area contributed by atoms with Gasteiger partial charge in [-0.15, -0.1) is 11.3 Å². The maximum absolute atomic E-state index is 4.47. The number of benzene rings is 1. The molecule has 2 aromatic rings. The molecule has 0 radical (unpaired) electrons. The largest absolute Gasteiger partial charge is 0.229 e. The Morgan fingerprint density at radius 1 is 1.13 bits per heavy atom. The smallest absolute Gasteiger partial charge is 0.159 e. The van der Waals surface area contributed by atoms with Crippen molar-refractivity contribution >= 4 is 27.3 Å². The number of rotatable bonds is 1. The molecule has 0 fully saturated rings. The second-order valence-corrected chi connectivity index (χ2v) is 5.89. The summed E-state index contributed by atoms with van der Waals surface area (Å²) in [5.41, 5.74) is 6.24. The van der Waals surface area contributed by atoms with Gasteiger partial charge in [0.05, 0.1) is 5.69 Å². The minimum atomic E-state index is 0.942. The lowest BCUT2D eigenvalue weighted by atomic mass is 9.98. The molecule has 0 unspecified atom stereocenters. The minimum absolute atomic E-state index is 0.942. The van der Waals surface area contributed by atoms with Gasteiger partial charge in [0.2, 0.25) is 0 Å². The Kier molecular flexibility index (Phi) is 2.94. The van der Waals surface area contributed by atoms with Crippen LogP contribution in [0.25, 0.3) is 11.3 Å². The van der Waals surface area contributed by atoms with Crippen LogP contribution in [0.3, 0.4) is 0 Å². The molecule has 0 aliphatic heterocycles. The molecule has 1 heterocycles. The van der Waals surface area contributed by atoms with E-state index in [4.69, 9.17) is 0 Å². The topological polar surface area (TPSA) is 12.9 Å². The molecule has 0 aliphatic rings. The van der Waals surface area contributed by atoms with Gasteiger partial charge in [-0.2, -0.15) is 0 Å². The van der Waals surface area contributed by atoms with Crippen LogP contribution in [-0.4, -0.2) is 4.98 Å². The second-order valence-electron chi connectivity index (χ2n) is 3.76. The minimum Gasteiger partial charge on any atom is -0.229 e. The van der Waals surface area contributed by atoms with E-state index in [1.807, 2.05) is 0 Å². The SMILES string of the molecule is Cc1cc(C)c(-c2csc(Br)n2)c(C)c1. The monoisotopic (exact) mass is 281 g/mol. The van der Waals surface area contributed by atoms with E-state index in [-0.39, 0.29) is 0 Å². The third-order valence-electron chi connectivity index (χ3n) is 2.41. The van der Waals surface area contributed by atoms with Crippen LogP contribution in [0.4, 0.5) is 0 Å². The van der Waals surface area contributed by atoms with Crippen molar-refractivity contribution in [2.45, 2.75) is 20.8 Å². The van der Waals surface area contributed by atoms with Gasteiger partial charge in [-0.25, -0.2) is 4.98 Å². The summed E-state index contributed by atoms with van der Waals surface area (Å²) < 4.78 is 0.942. The third-order valence-corrected chi connectivity index (χ3v) is 3.77. The number of hydrogen-bond acceptors (Lipinski definition) is 2. The number of nitrogens with zero attached hydrogens (tertiary/aromatic N) is 1. The Labute approximate surface area is 102 Å². The maximum Gasteiger partial charge on any atom is 0.159 e. The van der Waals surface area contributed by atoms with Crippen LogP contribution < -0.4 is 0 Å². The number of aromatic nitrogens is 1. The Balaban J connectivity index is 2.62. The molecule has 1 nitrogen and oxygen atoms in total. The Bertz CT molecular complexity index is 479. The van der Waals surface area contributed by atoms with Crippen LogP contribution in [0.2, 0.25) is 0 Å². The van der Waals surface area contributed by atoms with Crippen molar-refractivity contribution in [1.82, 2.24) is 4.98 Å². The van der Waals surface area contributed by atoms with Crippen LogP contribution in [-0.2, 0) is 0 Å². The fourth-order valence-corrected chi connectivity index (χ4v) is 2.95. The number of thiazole rings is 1. The maximum atomic E-state index is 4.47. The summed E-state index contributed by atoms with van der Waals surface area (Å²) in [7, 11) is 0. The average Bonchev–Trinajstić information content (AvgIpc) is 2.49. The van der Waals surface area contributed by atoms with Crippen LogP contribution >= 0.6 is 27.3 Å². The van der Waals surface area contributed by atoms with Crippen LogP contribution in [0.15, 0.2) is 21.4 Å². The van der Waals surface area contributed by atoms with Crippen LogP contribution in [0.1, 0.15) is 16.7 Å². The van der Waals surface area contributed by atoms with Crippen LogP contribution in [0, 0.1) is 20.8 Å². The normalized spacial score (nSPS) is 10.7. The quantitative estimate of drug-likeness (QED) is 0.750. The summed E-state index contributed by atoms with van der Waals surface area (Å²) >= 11 is 5.03. The van der Waals surface area contributed by atoms with Gasteiger partial charge < -0.3 is 0 Å². The second kappa shape index (κ2) is 4.06. The summed E-state index contributed by atoms with van der Waals surface area (Å²) in [6.45, 7) is 6.41. The summed E-state index contributed by atoms with van der Waals surface area (Å²) in [4.78, 5) is 4.47. The van der Waals surface area contributed by atoms with E-state index in [1.54, 1.807) is 11.3 Å². The first-order chi connectivity index (χ1) is 7.08. The van der Waals surface area contributed by atoms with Crippen molar-refractivity contribution < 1.29 is 0 Å². The lowest BCUT2D eigenvalue weighted by Gasteiger charge is -2.08. The molecule has 0 bridgehead atoms. The molecule has 0 N–H and O–H groups in total. The van der Waals surface area contributed by atoms with E-state index < -0.39 is 0 Å². The highest BCUT2D eigenvalue weighted by Gasteiger charge is 2.09. The van der Waals surface area contributed by atoms with E-state index in [2.05, 4.69) is 59.2 Å². The molecule has 1 aromatic carbocycles. The molecule has 78 valence electrons. The Morgan fingerprint density at radius 3 is 2.20 bits per heavy atom. The fourth-order valence-electron chi connectivity index (χ4n) is 1.95. The van der Waals surface area contributed by atoms with E-state index in [0.29, 0.717) is 0 Å². The molecule has 0 saturated heterocycles.